The second kappa shape index (κ2) is 3.43. The van der Waals surface area contributed by atoms with Crippen LogP contribution in [0.1, 0.15) is 11.4 Å². The van der Waals surface area contributed by atoms with Gasteiger partial charge in [0.2, 0.25) is 5.78 Å². The molecule has 0 bridgehead atoms. The van der Waals surface area contributed by atoms with Crippen molar-refractivity contribution in [3.63, 3.8) is 0 Å². The zero-order valence-electron chi connectivity index (χ0n) is 8.77. The topological polar surface area (TPSA) is 72.0 Å². The fourth-order valence-corrected chi connectivity index (χ4v) is 2.40. The van der Waals surface area contributed by atoms with E-state index in [1.807, 2.05) is 17.5 Å². The highest BCUT2D eigenvalue weighted by atomic mass is 32.1. The molecule has 5 nitrogen and oxygen atoms in total. The van der Waals surface area contributed by atoms with Gasteiger partial charge in [0.1, 0.15) is 0 Å². The van der Waals surface area contributed by atoms with Gasteiger partial charge in [-0.05, 0) is 24.5 Å². The van der Waals surface area contributed by atoms with Crippen LogP contribution in [0.15, 0.2) is 18.5 Å². The van der Waals surface area contributed by atoms with Crippen LogP contribution in [0.5, 0.6) is 0 Å². The van der Waals surface area contributed by atoms with Gasteiger partial charge in [0.05, 0.1) is 28.2 Å². The molecular weight excluding hydrogens is 222 g/mol. The smallest absolute Gasteiger partial charge is 0.211 e. The third-order valence-corrected chi connectivity index (χ3v) is 3.39. The molecule has 0 amide bonds. The Morgan fingerprint density at radius 1 is 1.56 bits per heavy atom. The van der Waals surface area contributed by atoms with E-state index in [2.05, 4.69) is 20.4 Å². The summed E-state index contributed by atoms with van der Waals surface area (Å²) in [6.45, 7) is 2.47. The number of hydrogen-bond donors (Lipinski definition) is 2. The van der Waals surface area contributed by atoms with E-state index < -0.39 is 0 Å². The van der Waals surface area contributed by atoms with Gasteiger partial charge >= 0.3 is 0 Å². The average molecular weight is 233 g/mol. The highest BCUT2D eigenvalue weighted by Gasteiger charge is 2.09. The summed E-state index contributed by atoms with van der Waals surface area (Å²) in [5, 5.41) is 0. The molecule has 3 rings (SSSR count). The number of fused-ring (bicyclic) bond motifs is 1. The molecule has 0 spiro atoms. The lowest BCUT2D eigenvalue weighted by atomic mass is 10.3. The summed E-state index contributed by atoms with van der Waals surface area (Å²) in [7, 11) is 0. The number of H-pyrrole nitrogens is 1. The minimum atomic E-state index is 0.486. The van der Waals surface area contributed by atoms with E-state index in [1.54, 1.807) is 6.20 Å². The van der Waals surface area contributed by atoms with Crippen LogP contribution in [-0.4, -0.2) is 18.7 Å². The molecule has 3 N–H and O–H groups in total. The molecule has 0 atom stereocenters. The van der Waals surface area contributed by atoms with Crippen molar-refractivity contribution >= 4 is 17.3 Å². The van der Waals surface area contributed by atoms with Crippen LogP contribution in [0.2, 0.25) is 0 Å². The van der Waals surface area contributed by atoms with Crippen molar-refractivity contribution in [1.82, 2.24) is 18.7 Å². The number of rotatable bonds is 2. The van der Waals surface area contributed by atoms with Gasteiger partial charge in [-0.1, -0.05) is 0 Å². The van der Waals surface area contributed by atoms with Gasteiger partial charge in [0.25, 0.3) is 0 Å². The van der Waals surface area contributed by atoms with Crippen molar-refractivity contribution in [3.05, 3.63) is 29.8 Å². The molecule has 3 heterocycles. The molecule has 0 saturated carbocycles. The number of aromatic nitrogens is 4. The Balaban J connectivity index is 2.15. The SMILES string of the molecule is Cc1cc(-c2cn3c(CN)cnc3[nH]2)sn1. The third-order valence-electron chi connectivity index (χ3n) is 2.48. The van der Waals surface area contributed by atoms with Crippen LogP contribution in [0.3, 0.4) is 0 Å². The number of aryl methyl sites for hydroxylation is 1. The second-order valence-electron chi connectivity index (χ2n) is 3.65. The summed E-state index contributed by atoms with van der Waals surface area (Å²) < 4.78 is 6.23. The lowest BCUT2D eigenvalue weighted by Gasteiger charge is -1.90. The predicted molar refractivity (Wildman–Crippen MR) is 63.3 cm³/mol. The second-order valence-corrected chi connectivity index (χ2v) is 4.45. The highest BCUT2D eigenvalue weighted by Crippen LogP contribution is 2.24. The Kier molecular flexibility index (Phi) is 2.05. The summed E-state index contributed by atoms with van der Waals surface area (Å²) in [4.78, 5) is 8.62. The summed E-state index contributed by atoms with van der Waals surface area (Å²) in [6, 6.07) is 2.05. The van der Waals surface area contributed by atoms with E-state index in [1.165, 1.54) is 11.5 Å². The van der Waals surface area contributed by atoms with Gasteiger partial charge in [0, 0.05) is 12.7 Å². The van der Waals surface area contributed by atoms with Crippen LogP contribution in [0.25, 0.3) is 16.3 Å². The van der Waals surface area contributed by atoms with Gasteiger partial charge < -0.3 is 10.7 Å². The molecule has 3 aromatic heterocycles. The van der Waals surface area contributed by atoms with Crippen LogP contribution in [0, 0.1) is 6.92 Å². The van der Waals surface area contributed by atoms with Crippen molar-refractivity contribution in [2.75, 3.05) is 0 Å². The number of hydrogen-bond acceptors (Lipinski definition) is 4. The summed E-state index contributed by atoms with van der Waals surface area (Å²) in [6.07, 6.45) is 3.80. The van der Waals surface area contributed by atoms with E-state index in [4.69, 9.17) is 5.73 Å². The van der Waals surface area contributed by atoms with Crippen LogP contribution < -0.4 is 5.73 Å². The lowest BCUT2D eigenvalue weighted by molar-refractivity contribution is 0.966. The first-order chi connectivity index (χ1) is 7.78. The van der Waals surface area contributed by atoms with Crippen molar-refractivity contribution in [3.8, 4) is 10.6 Å². The molecule has 16 heavy (non-hydrogen) atoms. The van der Waals surface area contributed by atoms with Crippen LogP contribution in [-0.2, 0) is 6.54 Å². The molecule has 0 aliphatic heterocycles. The number of nitrogens with two attached hydrogens (primary N) is 1. The van der Waals surface area contributed by atoms with E-state index >= 15 is 0 Å². The van der Waals surface area contributed by atoms with Gasteiger partial charge in [-0.2, -0.15) is 4.37 Å². The Bertz CT molecular complexity index is 633. The maximum atomic E-state index is 5.63. The Morgan fingerprint density at radius 3 is 3.12 bits per heavy atom. The number of aromatic amines is 1. The van der Waals surface area contributed by atoms with Crippen molar-refractivity contribution < 1.29 is 0 Å². The zero-order chi connectivity index (χ0) is 11.1. The minimum Gasteiger partial charge on any atom is -0.325 e. The molecular formula is C10H11N5S. The van der Waals surface area contributed by atoms with Crippen LogP contribution in [0.4, 0.5) is 0 Å². The Morgan fingerprint density at radius 2 is 2.44 bits per heavy atom. The number of nitrogens with zero attached hydrogens (tertiary/aromatic N) is 3. The first kappa shape index (κ1) is 9.56. The number of nitrogens with one attached hydrogen (secondary N) is 1. The van der Waals surface area contributed by atoms with E-state index in [9.17, 15) is 0 Å². The molecule has 0 saturated heterocycles. The first-order valence-corrected chi connectivity index (χ1v) is 5.74. The fraction of sp³-hybridized carbons (Fsp3) is 0.200. The van der Waals surface area contributed by atoms with E-state index in [0.29, 0.717) is 6.54 Å². The quantitative estimate of drug-likeness (QED) is 0.705. The predicted octanol–water partition coefficient (Wildman–Crippen LogP) is 1.55. The maximum Gasteiger partial charge on any atom is 0.211 e. The van der Waals surface area contributed by atoms with Gasteiger partial charge in [-0.3, -0.25) is 4.40 Å². The van der Waals surface area contributed by atoms with E-state index in [-0.39, 0.29) is 0 Å². The monoisotopic (exact) mass is 233 g/mol. The molecule has 0 radical (unpaired) electrons. The third kappa shape index (κ3) is 1.35. The summed E-state index contributed by atoms with van der Waals surface area (Å²) in [5.41, 5.74) is 8.69. The average Bonchev–Trinajstić information content (AvgIpc) is 2.90. The summed E-state index contributed by atoms with van der Waals surface area (Å²) in [5.74, 6) is 0.821. The van der Waals surface area contributed by atoms with Gasteiger partial charge in [-0.15, -0.1) is 0 Å². The number of imidazole rings is 2. The molecule has 3 aromatic rings. The Labute approximate surface area is 96.1 Å². The molecule has 0 fully saturated rings. The molecule has 82 valence electrons. The first-order valence-electron chi connectivity index (χ1n) is 4.96. The van der Waals surface area contributed by atoms with E-state index in [0.717, 1.165) is 27.7 Å². The molecule has 6 heteroatoms. The van der Waals surface area contributed by atoms with Crippen LogP contribution >= 0.6 is 11.5 Å². The van der Waals surface area contributed by atoms with Crippen molar-refractivity contribution in [2.24, 2.45) is 5.73 Å². The van der Waals surface area contributed by atoms with Crippen molar-refractivity contribution in [2.45, 2.75) is 13.5 Å². The minimum absolute atomic E-state index is 0.486. The molecule has 0 aliphatic rings. The molecule has 0 aromatic carbocycles. The standard InChI is InChI=1S/C10H11N5S/c1-6-2-9(16-14-6)8-5-15-7(3-11)4-12-10(15)13-8/h2,4-5H,3,11H2,1H3,(H,12,13). The lowest BCUT2D eigenvalue weighted by Crippen LogP contribution is -1.98. The van der Waals surface area contributed by atoms with Gasteiger partial charge in [-0.25, -0.2) is 4.98 Å². The molecule has 0 aliphatic carbocycles. The van der Waals surface area contributed by atoms with Crippen molar-refractivity contribution in [1.29, 1.82) is 0 Å². The molecule has 0 unspecified atom stereocenters. The normalized spacial score (nSPS) is 11.4. The Hall–Kier alpha value is -1.66. The largest absolute Gasteiger partial charge is 0.325 e. The summed E-state index contributed by atoms with van der Waals surface area (Å²) >= 11 is 1.48. The maximum absolute atomic E-state index is 5.63. The van der Waals surface area contributed by atoms with Gasteiger partial charge in [0.15, 0.2) is 0 Å². The fourth-order valence-electron chi connectivity index (χ4n) is 1.68. The zero-order valence-corrected chi connectivity index (χ0v) is 9.58. The highest BCUT2D eigenvalue weighted by molar-refractivity contribution is 7.09.